The van der Waals surface area contributed by atoms with Gasteiger partial charge < -0.3 is 9.47 Å². The number of aryl methyl sites for hydroxylation is 1. The van der Waals surface area contributed by atoms with E-state index in [1.54, 1.807) is 29.6 Å². The van der Waals surface area contributed by atoms with Crippen molar-refractivity contribution in [1.29, 1.82) is 0 Å². The number of ether oxygens (including phenoxy) is 2. The maximum atomic E-state index is 11.7. The molecule has 0 bridgehead atoms. The molecule has 1 aromatic heterocycles. The van der Waals surface area contributed by atoms with E-state index in [9.17, 15) is 4.79 Å². The molecule has 5 nitrogen and oxygen atoms in total. The predicted octanol–water partition coefficient (Wildman–Crippen LogP) is 1.23. The number of rotatable bonds is 5. The van der Waals surface area contributed by atoms with E-state index in [-0.39, 0.29) is 5.97 Å². The molecule has 0 radical (unpaired) electrons. The van der Waals surface area contributed by atoms with Crippen molar-refractivity contribution in [2.75, 3.05) is 19.8 Å². The fourth-order valence-electron chi connectivity index (χ4n) is 1.52. The van der Waals surface area contributed by atoms with Crippen LogP contribution in [0.25, 0.3) is 0 Å². The maximum absolute atomic E-state index is 11.7. The second-order valence-electron chi connectivity index (χ2n) is 3.82. The summed E-state index contributed by atoms with van der Waals surface area (Å²) in [6.07, 6.45) is 1.57. The van der Waals surface area contributed by atoms with Crippen LogP contribution >= 0.6 is 11.8 Å². The molecule has 1 saturated heterocycles. The largest absolute Gasteiger partial charge is 0.462 e. The smallest absolute Gasteiger partial charge is 0.341 e. The highest BCUT2D eigenvalue weighted by atomic mass is 32.2. The summed E-state index contributed by atoms with van der Waals surface area (Å²) in [6.45, 7) is 3.79. The molecule has 0 spiro atoms. The molecule has 1 fully saturated rings. The standard InChI is InChI=1S/C11H16N2O3S/c1-3-16-11(14)9-4-12-13(2)10(9)7-17-8-5-15-6-8/h4,8H,3,5-7H2,1-2H3. The van der Waals surface area contributed by atoms with Crippen molar-refractivity contribution in [3.63, 3.8) is 0 Å². The Labute approximate surface area is 104 Å². The van der Waals surface area contributed by atoms with Gasteiger partial charge in [-0.15, -0.1) is 11.8 Å². The third-order valence-corrected chi connectivity index (χ3v) is 3.80. The monoisotopic (exact) mass is 256 g/mol. The van der Waals surface area contributed by atoms with Crippen molar-refractivity contribution >= 4 is 17.7 Å². The second-order valence-corrected chi connectivity index (χ2v) is 5.11. The van der Waals surface area contributed by atoms with Gasteiger partial charge in [0.15, 0.2) is 0 Å². The van der Waals surface area contributed by atoms with Gasteiger partial charge in [-0.05, 0) is 6.92 Å². The van der Waals surface area contributed by atoms with Crippen LogP contribution < -0.4 is 0 Å². The molecule has 17 heavy (non-hydrogen) atoms. The van der Waals surface area contributed by atoms with Gasteiger partial charge in [0.1, 0.15) is 5.56 Å². The summed E-state index contributed by atoms with van der Waals surface area (Å²) < 4.78 is 11.9. The molecule has 2 heterocycles. The summed E-state index contributed by atoms with van der Waals surface area (Å²) in [5.74, 6) is 0.472. The van der Waals surface area contributed by atoms with Crippen molar-refractivity contribution in [3.05, 3.63) is 17.5 Å². The Morgan fingerprint density at radius 1 is 1.71 bits per heavy atom. The summed E-state index contributed by atoms with van der Waals surface area (Å²) in [4.78, 5) is 11.7. The molecule has 2 rings (SSSR count). The van der Waals surface area contributed by atoms with E-state index >= 15 is 0 Å². The molecule has 0 unspecified atom stereocenters. The summed E-state index contributed by atoms with van der Waals surface area (Å²) in [7, 11) is 1.84. The zero-order chi connectivity index (χ0) is 12.3. The molecule has 0 saturated carbocycles. The van der Waals surface area contributed by atoms with E-state index in [1.165, 1.54) is 0 Å². The predicted molar refractivity (Wildman–Crippen MR) is 65.1 cm³/mol. The van der Waals surface area contributed by atoms with Crippen LogP contribution in [0, 0.1) is 0 Å². The van der Waals surface area contributed by atoms with E-state index in [2.05, 4.69) is 5.10 Å². The van der Waals surface area contributed by atoms with Crippen molar-refractivity contribution < 1.29 is 14.3 Å². The lowest BCUT2D eigenvalue weighted by Gasteiger charge is -2.25. The summed E-state index contributed by atoms with van der Waals surface area (Å²) >= 11 is 1.79. The molecule has 1 aromatic rings. The number of esters is 1. The van der Waals surface area contributed by atoms with E-state index in [1.807, 2.05) is 7.05 Å². The van der Waals surface area contributed by atoms with Gasteiger partial charge in [-0.1, -0.05) is 0 Å². The second kappa shape index (κ2) is 5.55. The fraction of sp³-hybridized carbons (Fsp3) is 0.636. The number of carbonyl (C=O) groups is 1. The van der Waals surface area contributed by atoms with Crippen molar-refractivity contribution in [2.24, 2.45) is 7.05 Å². The molecule has 6 heteroatoms. The van der Waals surface area contributed by atoms with Crippen LogP contribution in [0.3, 0.4) is 0 Å². The lowest BCUT2D eigenvalue weighted by molar-refractivity contribution is 0.0455. The van der Waals surface area contributed by atoms with Crippen molar-refractivity contribution in [1.82, 2.24) is 9.78 Å². The zero-order valence-electron chi connectivity index (χ0n) is 10.0. The van der Waals surface area contributed by atoms with Crippen molar-refractivity contribution in [3.8, 4) is 0 Å². The number of hydrogen-bond acceptors (Lipinski definition) is 5. The minimum absolute atomic E-state index is 0.291. The normalized spacial score (nSPS) is 15.6. The van der Waals surface area contributed by atoms with E-state index in [0.717, 1.165) is 24.7 Å². The maximum Gasteiger partial charge on any atom is 0.341 e. The highest BCUT2D eigenvalue weighted by Gasteiger charge is 2.22. The first kappa shape index (κ1) is 12.4. The average Bonchev–Trinajstić information content (AvgIpc) is 2.59. The fourth-order valence-corrected chi connectivity index (χ4v) is 2.64. The van der Waals surface area contributed by atoms with E-state index in [4.69, 9.17) is 9.47 Å². The average molecular weight is 256 g/mol. The molecule has 1 aliphatic heterocycles. The van der Waals surface area contributed by atoms with Crippen LogP contribution in [0.4, 0.5) is 0 Å². The number of nitrogens with zero attached hydrogens (tertiary/aromatic N) is 2. The molecule has 0 aliphatic carbocycles. The van der Waals surface area contributed by atoms with Crippen molar-refractivity contribution in [2.45, 2.75) is 17.9 Å². The first-order chi connectivity index (χ1) is 8.22. The Morgan fingerprint density at radius 2 is 2.47 bits per heavy atom. The zero-order valence-corrected chi connectivity index (χ0v) is 10.8. The summed E-state index contributed by atoms with van der Waals surface area (Å²) in [5, 5.41) is 4.65. The first-order valence-corrected chi connectivity index (χ1v) is 6.64. The van der Waals surface area contributed by atoms with E-state index < -0.39 is 0 Å². The van der Waals surface area contributed by atoms with E-state index in [0.29, 0.717) is 17.4 Å². The number of aromatic nitrogens is 2. The van der Waals surface area contributed by atoms with Gasteiger partial charge in [-0.3, -0.25) is 4.68 Å². The molecule has 0 aromatic carbocycles. The van der Waals surface area contributed by atoms with Crippen LogP contribution in [0.2, 0.25) is 0 Å². The van der Waals surface area contributed by atoms with Crippen LogP contribution in [0.5, 0.6) is 0 Å². The van der Waals surface area contributed by atoms with Gasteiger partial charge in [0.25, 0.3) is 0 Å². The molecule has 1 aliphatic rings. The van der Waals surface area contributed by atoms with Gasteiger partial charge in [0.05, 0.1) is 37.0 Å². The number of hydrogen-bond donors (Lipinski definition) is 0. The Hall–Kier alpha value is -1.01. The van der Waals surface area contributed by atoms with Gasteiger partial charge in [0, 0.05) is 12.8 Å². The third kappa shape index (κ3) is 2.81. The van der Waals surface area contributed by atoms with Gasteiger partial charge in [0.2, 0.25) is 0 Å². The van der Waals surface area contributed by atoms with Gasteiger partial charge >= 0.3 is 5.97 Å². The van der Waals surface area contributed by atoms with Crippen LogP contribution in [-0.2, 0) is 22.3 Å². The third-order valence-electron chi connectivity index (χ3n) is 2.62. The molecule has 94 valence electrons. The summed E-state index contributed by atoms with van der Waals surface area (Å²) in [6, 6.07) is 0. The molecular formula is C11H16N2O3S. The lowest BCUT2D eigenvalue weighted by atomic mass is 10.3. The molecular weight excluding hydrogens is 240 g/mol. The quantitative estimate of drug-likeness (QED) is 0.742. The van der Waals surface area contributed by atoms with Crippen LogP contribution in [0.15, 0.2) is 6.20 Å². The van der Waals surface area contributed by atoms with Crippen LogP contribution in [-0.4, -0.2) is 40.8 Å². The molecule has 0 N–H and O–H groups in total. The topological polar surface area (TPSA) is 53.3 Å². The minimum atomic E-state index is -0.291. The SMILES string of the molecule is CCOC(=O)c1cnn(C)c1CSC1COC1. The Kier molecular flexibility index (Phi) is 4.06. The highest BCUT2D eigenvalue weighted by molar-refractivity contribution is 7.99. The Balaban J connectivity index is 2.02. The lowest BCUT2D eigenvalue weighted by Crippen LogP contribution is -2.30. The number of thioether (sulfide) groups is 1. The summed E-state index contributed by atoms with van der Waals surface area (Å²) in [5.41, 5.74) is 1.49. The minimum Gasteiger partial charge on any atom is -0.462 e. The van der Waals surface area contributed by atoms with Crippen LogP contribution in [0.1, 0.15) is 23.0 Å². The van der Waals surface area contributed by atoms with Gasteiger partial charge in [-0.25, -0.2) is 4.79 Å². The first-order valence-electron chi connectivity index (χ1n) is 5.59. The van der Waals surface area contributed by atoms with Gasteiger partial charge in [-0.2, -0.15) is 5.10 Å². The molecule has 0 atom stereocenters. The number of carbonyl (C=O) groups excluding carboxylic acids is 1. The Morgan fingerprint density at radius 3 is 3.06 bits per heavy atom. The molecule has 0 amide bonds. The Bertz CT molecular complexity index is 401. The highest BCUT2D eigenvalue weighted by Crippen LogP contribution is 2.25.